The van der Waals surface area contributed by atoms with E-state index >= 15 is 0 Å². The topological polar surface area (TPSA) is 96.8 Å². The van der Waals surface area contributed by atoms with Gasteiger partial charge in [-0.05, 0) is 31.2 Å². The maximum atomic E-state index is 8.70. The maximum Gasteiger partial charge on any atom is 0.240 e. The zero-order valence-electron chi connectivity index (χ0n) is 9.71. The van der Waals surface area contributed by atoms with Crippen LogP contribution in [0.4, 0.5) is 5.95 Å². The minimum absolute atomic E-state index is 0.282. The van der Waals surface area contributed by atoms with Crippen LogP contribution >= 0.6 is 0 Å². The van der Waals surface area contributed by atoms with Crippen molar-refractivity contribution < 1.29 is 4.74 Å². The van der Waals surface area contributed by atoms with Gasteiger partial charge in [-0.25, -0.2) is 10.8 Å². The zero-order chi connectivity index (χ0) is 13.0. The van der Waals surface area contributed by atoms with Gasteiger partial charge in [0.2, 0.25) is 11.8 Å². The molecule has 0 saturated heterocycles. The van der Waals surface area contributed by atoms with E-state index in [1.807, 2.05) is 13.0 Å². The normalized spacial score (nSPS) is 9.61. The Morgan fingerprint density at radius 2 is 2.06 bits per heavy atom. The zero-order valence-corrected chi connectivity index (χ0v) is 9.71. The summed E-state index contributed by atoms with van der Waals surface area (Å²) in [5, 5.41) is 8.70. The van der Waals surface area contributed by atoms with Gasteiger partial charge in [-0.1, -0.05) is 0 Å². The summed E-state index contributed by atoms with van der Waals surface area (Å²) in [7, 11) is 0. The minimum atomic E-state index is 0.282. The molecule has 0 unspecified atom stereocenters. The number of aromatic nitrogens is 2. The minimum Gasteiger partial charge on any atom is -0.439 e. The van der Waals surface area contributed by atoms with Gasteiger partial charge in [-0.2, -0.15) is 10.2 Å². The summed E-state index contributed by atoms with van der Waals surface area (Å²) in [5.41, 5.74) is 3.72. The van der Waals surface area contributed by atoms with Crippen molar-refractivity contribution in [3.05, 3.63) is 41.6 Å². The predicted molar refractivity (Wildman–Crippen MR) is 65.8 cm³/mol. The van der Waals surface area contributed by atoms with Gasteiger partial charge in [0, 0.05) is 11.8 Å². The first kappa shape index (κ1) is 11.8. The van der Waals surface area contributed by atoms with Crippen LogP contribution in [0.1, 0.15) is 11.1 Å². The lowest BCUT2D eigenvalue weighted by Crippen LogP contribution is -2.11. The fourth-order valence-corrected chi connectivity index (χ4v) is 1.31. The Bertz CT molecular complexity index is 588. The summed E-state index contributed by atoms with van der Waals surface area (Å²) in [6.45, 7) is 1.83. The molecule has 0 bridgehead atoms. The van der Waals surface area contributed by atoms with E-state index in [1.165, 1.54) is 0 Å². The van der Waals surface area contributed by atoms with Crippen molar-refractivity contribution in [3.8, 4) is 17.7 Å². The van der Waals surface area contributed by atoms with Gasteiger partial charge in [0.1, 0.15) is 5.75 Å². The van der Waals surface area contributed by atoms with Crippen molar-refractivity contribution in [1.29, 1.82) is 5.26 Å². The third-order valence-electron chi connectivity index (χ3n) is 2.25. The molecule has 1 aromatic heterocycles. The number of nitrogen functional groups attached to an aromatic ring is 1. The van der Waals surface area contributed by atoms with E-state index in [4.69, 9.17) is 15.8 Å². The van der Waals surface area contributed by atoms with Crippen LogP contribution < -0.4 is 16.0 Å². The van der Waals surface area contributed by atoms with Crippen LogP contribution in [-0.4, -0.2) is 9.97 Å². The summed E-state index contributed by atoms with van der Waals surface area (Å²) in [5.74, 6) is 6.53. The smallest absolute Gasteiger partial charge is 0.240 e. The molecular weight excluding hydrogens is 230 g/mol. The lowest BCUT2D eigenvalue weighted by Gasteiger charge is -2.08. The number of hydrazine groups is 1. The van der Waals surface area contributed by atoms with Gasteiger partial charge >= 0.3 is 0 Å². The number of rotatable bonds is 3. The number of nitriles is 1. The highest BCUT2D eigenvalue weighted by Crippen LogP contribution is 2.23. The Morgan fingerprint density at radius 1 is 1.33 bits per heavy atom. The van der Waals surface area contributed by atoms with Gasteiger partial charge in [0.25, 0.3) is 0 Å². The number of benzene rings is 1. The number of aryl methyl sites for hydroxylation is 1. The van der Waals surface area contributed by atoms with Crippen molar-refractivity contribution in [2.24, 2.45) is 5.84 Å². The Balaban J connectivity index is 2.25. The molecule has 6 nitrogen and oxygen atoms in total. The van der Waals surface area contributed by atoms with E-state index in [9.17, 15) is 0 Å². The van der Waals surface area contributed by atoms with Gasteiger partial charge in [-0.15, -0.1) is 0 Å². The second-order valence-corrected chi connectivity index (χ2v) is 3.56. The molecule has 18 heavy (non-hydrogen) atoms. The van der Waals surface area contributed by atoms with Crippen LogP contribution in [0.2, 0.25) is 0 Å². The van der Waals surface area contributed by atoms with Crippen molar-refractivity contribution >= 4 is 5.95 Å². The van der Waals surface area contributed by atoms with Gasteiger partial charge < -0.3 is 4.74 Å². The largest absolute Gasteiger partial charge is 0.439 e. The molecule has 0 atom stereocenters. The van der Waals surface area contributed by atoms with Crippen molar-refractivity contribution in [2.45, 2.75) is 6.92 Å². The Morgan fingerprint density at radius 3 is 2.67 bits per heavy atom. The number of nitrogens with two attached hydrogens (primary N) is 1. The number of nitrogens with zero attached hydrogens (tertiary/aromatic N) is 3. The first-order valence-corrected chi connectivity index (χ1v) is 5.21. The van der Waals surface area contributed by atoms with Crippen LogP contribution in [0.15, 0.2) is 30.5 Å². The molecule has 3 N–H and O–H groups in total. The van der Waals surface area contributed by atoms with E-state index < -0.39 is 0 Å². The standard InChI is InChI=1S/C12H11N5O/c1-8-7-15-12(17-14)16-11(8)18-10-4-2-9(6-13)3-5-10/h2-5,7H,14H2,1H3,(H,15,16,17). The summed E-state index contributed by atoms with van der Waals surface area (Å²) in [6, 6.07) is 8.80. The molecule has 0 aliphatic rings. The summed E-state index contributed by atoms with van der Waals surface area (Å²) >= 11 is 0. The maximum absolute atomic E-state index is 8.70. The summed E-state index contributed by atoms with van der Waals surface area (Å²) < 4.78 is 5.60. The molecule has 0 fully saturated rings. The lowest BCUT2D eigenvalue weighted by atomic mass is 10.2. The number of nitrogens with one attached hydrogen (secondary N) is 1. The Kier molecular flexibility index (Phi) is 3.36. The highest BCUT2D eigenvalue weighted by molar-refractivity contribution is 5.38. The quantitative estimate of drug-likeness (QED) is 0.627. The molecule has 0 saturated carbocycles. The van der Waals surface area contributed by atoms with Gasteiger partial charge in [-0.3, -0.25) is 5.43 Å². The van der Waals surface area contributed by atoms with Crippen molar-refractivity contribution in [1.82, 2.24) is 9.97 Å². The van der Waals surface area contributed by atoms with E-state index in [1.54, 1.807) is 30.5 Å². The summed E-state index contributed by atoms with van der Waals surface area (Å²) in [6.07, 6.45) is 1.61. The lowest BCUT2D eigenvalue weighted by molar-refractivity contribution is 0.458. The van der Waals surface area contributed by atoms with E-state index in [0.29, 0.717) is 17.2 Å². The first-order chi connectivity index (χ1) is 8.72. The number of hydrogen-bond acceptors (Lipinski definition) is 6. The number of hydrogen-bond donors (Lipinski definition) is 2. The van der Waals surface area contributed by atoms with Crippen molar-refractivity contribution in [3.63, 3.8) is 0 Å². The molecule has 1 aromatic carbocycles. The molecule has 0 spiro atoms. The monoisotopic (exact) mass is 241 g/mol. The fraction of sp³-hybridized carbons (Fsp3) is 0.0833. The molecule has 2 rings (SSSR count). The van der Waals surface area contributed by atoms with Crippen LogP contribution in [0, 0.1) is 18.3 Å². The van der Waals surface area contributed by atoms with Crippen LogP contribution in [0.5, 0.6) is 11.6 Å². The third kappa shape index (κ3) is 2.53. The second-order valence-electron chi connectivity index (χ2n) is 3.56. The summed E-state index contributed by atoms with van der Waals surface area (Å²) in [4.78, 5) is 8.05. The fourth-order valence-electron chi connectivity index (χ4n) is 1.31. The van der Waals surface area contributed by atoms with E-state index in [0.717, 1.165) is 5.56 Å². The van der Waals surface area contributed by atoms with Crippen molar-refractivity contribution in [2.75, 3.05) is 5.43 Å². The highest BCUT2D eigenvalue weighted by atomic mass is 16.5. The average molecular weight is 241 g/mol. The number of ether oxygens (including phenoxy) is 1. The molecular formula is C12H11N5O. The molecule has 0 amide bonds. The molecule has 0 radical (unpaired) electrons. The molecule has 6 heteroatoms. The van der Waals surface area contributed by atoms with Crippen LogP contribution in [0.3, 0.4) is 0 Å². The average Bonchev–Trinajstić information content (AvgIpc) is 2.42. The predicted octanol–water partition coefficient (Wildman–Crippen LogP) is 1.73. The first-order valence-electron chi connectivity index (χ1n) is 5.21. The van der Waals surface area contributed by atoms with E-state index in [2.05, 4.69) is 15.4 Å². The van der Waals surface area contributed by atoms with Crippen LogP contribution in [0.25, 0.3) is 0 Å². The Hall–Kier alpha value is -2.65. The molecule has 90 valence electrons. The highest BCUT2D eigenvalue weighted by Gasteiger charge is 2.05. The number of anilines is 1. The third-order valence-corrected chi connectivity index (χ3v) is 2.25. The van der Waals surface area contributed by atoms with Gasteiger partial charge in [0.05, 0.1) is 11.6 Å². The van der Waals surface area contributed by atoms with E-state index in [-0.39, 0.29) is 5.95 Å². The Labute approximate surface area is 104 Å². The SMILES string of the molecule is Cc1cnc(NN)nc1Oc1ccc(C#N)cc1. The molecule has 0 aliphatic carbocycles. The molecule has 0 aliphatic heterocycles. The molecule has 2 aromatic rings. The second kappa shape index (κ2) is 5.12. The molecule has 1 heterocycles. The van der Waals surface area contributed by atoms with Crippen LogP contribution in [-0.2, 0) is 0 Å². The van der Waals surface area contributed by atoms with Gasteiger partial charge in [0.15, 0.2) is 0 Å².